The molecule has 108 valence electrons. The van der Waals surface area contributed by atoms with E-state index in [0.29, 0.717) is 11.5 Å². The van der Waals surface area contributed by atoms with Gasteiger partial charge in [0.1, 0.15) is 0 Å². The van der Waals surface area contributed by atoms with Crippen LogP contribution in [0.5, 0.6) is 0 Å². The maximum Gasteiger partial charge on any atom is 0.00472 e. The molecule has 1 N–H and O–H groups in total. The van der Waals surface area contributed by atoms with Crippen LogP contribution >= 0.6 is 0 Å². The van der Waals surface area contributed by atoms with Crippen molar-refractivity contribution in [2.24, 2.45) is 11.3 Å². The lowest BCUT2D eigenvalue weighted by atomic mass is 9.85. The van der Waals surface area contributed by atoms with Crippen molar-refractivity contribution in [3.8, 4) is 0 Å². The van der Waals surface area contributed by atoms with Crippen LogP contribution in [0.4, 0.5) is 0 Å². The highest BCUT2D eigenvalue weighted by atomic mass is 15.1. The van der Waals surface area contributed by atoms with E-state index in [0.717, 1.165) is 5.92 Å². The van der Waals surface area contributed by atoms with Crippen molar-refractivity contribution in [2.45, 2.75) is 65.8 Å². The van der Waals surface area contributed by atoms with Crippen molar-refractivity contribution in [2.75, 3.05) is 26.7 Å². The summed E-state index contributed by atoms with van der Waals surface area (Å²) in [6, 6.07) is 0.613. The van der Waals surface area contributed by atoms with Crippen LogP contribution in [0, 0.1) is 11.3 Å². The summed E-state index contributed by atoms with van der Waals surface area (Å²) in [5.74, 6) is 0.825. The van der Waals surface area contributed by atoms with Crippen molar-refractivity contribution < 1.29 is 0 Å². The maximum absolute atomic E-state index is 3.67. The quantitative estimate of drug-likeness (QED) is 0.713. The molecule has 0 radical (unpaired) electrons. The maximum atomic E-state index is 3.67. The molecule has 2 nitrogen and oxygen atoms in total. The van der Waals surface area contributed by atoms with Gasteiger partial charge in [-0.1, -0.05) is 47.0 Å². The van der Waals surface area contributed by atoms with Gasteiger partial charge in [0.2, 0.25) is 0 Å². The Balaban J connectivity index is 2.46. The molecule has 1 unspecified atom stereocenters. The molecule has 1 atom stereocenters. The molecular formula is C16H34N2. The van der Waals surface area contributed by atoms with Gasteiger partial charge in [-0.05, 0) is 31.2 Å². The van der Waals surface area contributed by atoms with Crippen molar-refractivity contribution in [3.63, 3.8) is 0 Å². The first kappa shape index (κ1) is 16.0. The Morgan fingerprint density at radius 2 is 1.78 bits per heavy atom. The number of hydrogen-bond donors (Lipinski definition) is 1. The third-order valence-corrected chi connectivity index (χ3v) is 4.48. The van der Waals surface area contributed by atoms with Gasteiger partial charge >= 0.3 is 0 Å². The zero-order valence-corrected chi connectivity index (χ0v) is 13.3. The second-order valence-corrected chi connectivity index (χ2v) is 6.95. The first-order valence-corrected chi connectivity index (χ1v) is 7.89. The summed E-state index contributed by atoms with van der Waals surface area (Å²) >= 11 is 0. The highest BCUT2D eigenvalue weighted by Gasteiger charge is 2.34. The summed E-state index contributed by atoms with van der Waals surface area (Å²) in [6.45, 7) is 12.9. The van der Waals surface area contributed by atoms with E-state index in [1.165, 1.54) is 51.7 Å². The largest absolute Gasteiger partial charge is 0.314 e. The lowest BCUT2D eigenvalue weighted by Gasteiger charge is -2.35. The Morgan fingerprint density at radius 3 is 2.28 bits per heavy atom. The van der Waals surface area contributed by atoms with Gasteiger partial charge in [-0.2, -0.15) is 0 Å². The standard InChI is InChI=1S/C16H34N2/c1-6-15(4)11-18(5)13-16(9-7-8-10-16)12-17-14(2)3/h14-15,17H,6-13H2,1-5H3. The highest BCUT2D eigenvalue weighted by Crippen LogP contribution is 2.38. The van der Waals surface area contributed by atoms with E-state index in [4.69, 9.17) is 0 Å². The fourth-order valence-electron chi connectivity index (χ4n) is 3.23. The topological polar surface area (TPSA) is 15.3 Å². The summed E-state index contributed by atoms with van der Waals surface area (Å²) < 4.78 is 0. The van der Waals surface area contributed by atoms with Crippen LogP contribution in [-0.4, -0.2) is 37.6 Å². The van der Waals surface area contributed by atoms with E-state index < -0.39 is 0 Å². The van der Waals surface area contributed by atoms with Gasteiger partial charge < -0.3 is 10.2 Å². The molecule has 1 aliphatic carbocycles. The molecule has 0 aliphatic heterocycles. The van der Waals surface area contributed by atoms with Crippen LogP contribution in [0.3, 0.4) is 0 Å². The van der Waals surface area contributed by atoms with Crippen molar-refractivity contribution in [1.82, 2.24) is 10.2 Å². The third-order valence-electron chi connectivity index (χ3n) is 4.48. The number of rotatable bonds is 8. The van der Waals surface area contributed by atoms with E-state index in [1.807, 2.05) is 0 Å². The third kappa shape index (κ3) is 5.27. The molecule has 0 aromatic rings. The first-order chi connectivity index (χ1) is 8.47. The second-order valence-electron chi connectivity index (χ2n) is 6.95. The van der Waals surface area contributed by atoms with Crippen LogP contribution < -0.4 is 5.32 Å². The second kappa shape index (κ2) is 7.49. The highest BCUT2D eigenvalue weighted by molar-refractivity contribution is 4.89. The molecular weight excluding hydrogens is 220 g/mol. The van der Waals surface area contributed by atoms with E-state index in [9.17, 15) is 0 Å². The first-order valence-electron chi connectivity index (χ1n) is 7.89. The number of nitrogens with zero attached hydrogens (tertiary/aromatic N) is 1. The monoisotopic (exact) mass is 254 g/mol. The van der Waals surface area contributed by atoms with Crippen LogP contribution in [0.15, 0.2) is 0 Å². The van der Waals surface area contributed by atoms with E-state index in [-0.39, 0.29) is 0 Å². The molecule has 18 heavy (non-hydrogen) atoms. The Hall–Kier alpha value is -0.0800. The minimum absolute atomic E-state index is 0.548. The molecule has 2 heteroatoms. The molecule has 0 amide bonds. The molecule has 0 heterocycles. The van der Waals surface area contributed by atoms with Crippen LogP contribution in [0.1, 0.15) is 59.8 Å². The molecule has 0 aromatic heterocycles. The van der Waals surface area contributed by atoms with Crippen molar-refractivity contribution in [1.29, 1.82) is 0 Å². The molecule has 0 aromatic carbocycles. The predicted molar refractivity (Wildman–Crippen MR) is 81.0 cm³/mol. The summed E-state index contributed by atoms with van der Waals surface area (Å²) in [6.07, 6.45) is 6.98. The Labute approximate surface area is 115 Å². The van der Waals surface area contributed by atoms with E-state index >= 15 is 0 Å². The van der Waals surface area contributed by atoms with Crippen LogP contribution in [0.25, 0.3) is 0 Å². The summed E-state index contributed by atoms with van der Waals surface area (Å²) in [5.41, 5.74) is 0.548. The van der Waals surface area contributed by atoms with Gasteiger partial charge in [0.25, 0.3) is 0 Å². The van der Waals surface area contributed by atoms with E-state index in [2.05, 4.69) is 45.0 Å². The minimum Gasteiger partial charge on any atom is -0.314 e. The summed E-state index contributed by atoms with van der Waals surface area (Å²) in [5, 5.41) is 3.67. The summed E-state index contributed by atoms with van der Waals surface area (Å²) in [4.78, 5) is 2.57. The molecule has 0 saturated heterocycles. The molecule has 0 bridgehead atoms. The average Bonchev–Trinajstić information content (AvgIpc) is 2.75. The number of hydrogen-bond acceptors (Lipinski definition) is 2. The van der Waals surface area contributed by atoms with Gasteiger partial charge in [0, 0.05) is 25.7 Å². The molecule has 1 aliphatic rings. The average molecular weight is 254 g/mol. The van der Waals surface area contributed by atoms with Gasteiger partial charge in [-0.3, -0.25) is 0 Å². The van der Waals surface area contributed by atoms with Crippen molar-refractivity contribution in [3.05, 3.63) is 0 Å². The Kier molecular flexibility index (Phi) is 6.65. The smallest absolute Gasteiger partial charge is 0.00472 e. The lowest BCUT2D eigenvalue weighted by Crippen LogP contribution is -2.44. The molecule has 0 spiro atoms. The van der Waals surface area contributed by atoms with Gasteiger partial charge in [0.15, 0.2) is 0 Å². The minimum atomic E-state index is 0.548. The Bertz CT molecular complexity index is 219. The van der Waals surface area contributed by atoms with Crippen LogP contribution in [0.2, 0.25) is 0 Å². The van der Waals surface area contributed by atoms with Crippen LogP contribution in [-0.2, 0) is 0 Å². The Morgan fingerprint density at radius 1 is 1.17 bits per heavy atom. The zero-order valence-electron chi connectivity index (χ0n) is 13.3. The number of nitrogens with one attached hydrogen (secondary N) is 1. The normalized spacial score (nSPS) is 20.8. The van der Waals surface area contributed by atoms with Crippen molar-refractivity contribution >= 4 is 0 Å². The van der Waals surface area contributed by atoms with Gasteiger partial charge in [0.05, 0.1) is 0 Å². The van der Waals surface area contributed by atoms with E-state index in [1.54, 1.807) is 0 Å². The fraction of sp³-hybridized carbons (Fsp3) is 1.00. The van der Waals surface area contributed by atoms with Gasteiger partial charge in [-0.15, -0.1) is 0 Å². The molecule has 1 rings (SSSR count). The molecule has 1 saturated carbocycles. The predicted octanol–water partition coefficient (Wildman–Crippen LogP) is 3.52. The SMILES string of the molecule is CCC(C)CN(C)CC1(CNC(C)C)CCCC1. The molecule has 1 fully saturated rings. The fourth-order valence-corrected chi connectivity index (χ4v) is 3.23. The van der Waals surface area contributed by atoms with Gasteiger partial charge in [-0.25, -0.2) is 0 Å². The summed E-state index contributed by atoms with van der Waals surface area (Å²) in [7, 11) is 2.31. The lowest BCUT2D eigenvalue weighted by molar-refractivity contribution is 0.155. The zero-order chi connectivity index (χ0) is 13.6.